The Morgan fingerprint density at radius 2 is 2.27 bits per heavy atom. The topological polar surface area (TPSA) is 118 Å². The first-order valence-electron chi connectivity index (χ1n) is 9.70. The molecule has 4 rings (SSSR count). The fourth-order valence-electron chi connectivity index (χ4n) is 3.86. The number of hydrogen-bond donors (Lipinski definition) is 3. The van der Waals surface area contributed by atoms with Crippen LogP contribution in [0, 0.1) is 12.7 Å². The number of fused-ring (bicyclic) bond motifs is 1. The van der Waals surface area contributed by atoms with Gasteiger partial charge in [-0.3, -0.25) is 9.63 Å². The summed E-state index contributed by atoms with van der Waals surface area (Å²) in [6.07, 6.45) is 3.51. The smallest absolute Gasteiger partial charge is 0.282 e. The monoisotopic (exact) mass is 414 g/mol. The van der Waals surface area contributed by atoms with Crippen LogP contribution in [0.1, 0.15) is 40.4 Å². The largest absolute Gasteiger partial charge is 0.394 e. The molecule has 0 saturated carbocycles. The number of hydroxylamine groups is 1. The highest BCUT2D eigenvalue weighted by Crippen LogP contribution is 2.37. The van der Waals surface area contributed by atoms with Gasteiger partial charge in [0.15, 0.2) is 11.5 Å². The first kappa shape index (κ1) is 20.0. The molecule has 1 saturated heterocycles. The van der Waals surface area contributed by atoms with Gasteiger partial charge in [-0.25, -0.2) is 19.4 Å². The molecule has 1 aliphatic heterocycles. The summed E-state index contributed by atoms with van der Waals surface area (Å²) in [5.41, 5.74) is 10.5. The highest BCUT2D eigenvalue weighted by Gasteiger charge is 2.29. The number of aliphatic hydroxyl groups is 1. The minimum Gasteiger partial charge on any atom is -0.394 e. The number of hydrogen-bond acceptors (Lipinski definition) is 7. The first-order chi connectivity index (χ1) is 14.5. The van der Waals surface area contributed by atoms with Crippen molar-refractivity contribution in [3.05, 3.63) is 53.0 Å². The third-order valence-corrected chi connectivity index (χ3v) is 5.23. The van der Waals surface area contributed by atoms with E-state index < -0.39 is 5.91 Å². The van der Waals surface area contributed by atoms with E-state index in [1.807, 2.05) is 6.92 Å². The fourth-order valence-corrected chi connectivity index (χ4v) is 3.86. The number of benzene rings is 1. The lowest BCUT2D eigenvalue weighted by molar-refractivity contribution is 0.0170. The van der Waals surface area contributed by atoms with Crippen LogP contribution in [0.2, 0.25) is 0 Å². The van der Waals surface area contributed by atoms with Crippen molar-refractivity contribution in [2.45, 2.75) is 25.8 Å². The number of rotatable bonds is 6. The van der Waals surface area contributed by atoms with Crippen molar-refractivity contribution in [2.24, 2.45) is 0 Å². The molecule has 1 fully saturated rings. The van der Waals surface area contributed by atoms with E-state index in [-0.39, 0.29) is 42.1 Å². The van der Waals surface area contributed by atoms with E-state index in [0.29, 0.717) is 5.82 Å². The number of halogens is 1. The molecule has 2 aromatic heterocycles. The molecule has 0 radical (unpaired) electrons. The number of amides is 1. The Morgan fingerprint density at radius 1 is 1.43 bits per heavy atom. The fraction of sp³-hybridized carbons (Fsp3) is 0.350. The van der Waals surface area contributed by atoms with E-state index in [1.165, 1.54) is 10.6 Å². The van der Waals surface area contributed by atoms with Crippen LogP contribution in [-0.2, 0) is 4.84 Å². The molecule has 3 heterocycles. The molecule has 0 unspecified atom stereocenters. The molecule has 9 nitrogen and oxygen atoms in total. The molecule has 0 spiro atoms. The normalized spacial score (nSPS) is 16.4. The third-order valence-electron chi connectivity index (χ3n) is 5.23. The maximum atomic E-state index is 13.9. The van der Waals surface area contributed by atoms with Crippen LogP contribution in [0.15, 0.2) is 30.5 Å². The van der Waals surface area contributed by atoms with Gasteiger partial charge in [-0.1, -0.05) is 6.07 Å². The molecule has 1 atom stereocenters. The Morgan fingerprint density at radius 3 is 3.07 bits per heavy atom. The van der Waals surface area contributed by atoms with Gasteiger partial charge in [0.05, 0.1) is 19.3 Å². The Labute approximate surface area is 172 Å². The maximum Gasteiger partial charge on any atom is 0.282 e. The van der Waals surface area contributed by atoms with Crippen LogP contribution >= 0.6 is 0 Å². The van der Waals surface area contributed by atoms with Crippen molar-refractivity contribution in [3.63, 3.8) is 0 Å². The lowest BCUT2D eigenvalue weighted by Gasteiger charge is -2.27. The third kappa shape index (κ3) is 3.66. The number of nitrogens with two attached hydrogens (primary N) is 1. The van der Waals surface area contributed by atoms with Gasteiger partial charge in [0.2, 0.25) is 0 Å². The summed E-state index contributed by atoms with van der Waals surface area (Å²) in [4.78, 5) is 24.1. The number of aromatic nitrogens is 3. The van der Waals surface area contributed by atoms with Crippen LogP contribution in [0.4, 0.5) is 16.0 Å². The number of aryl methyl sites for hydroxylation is 1. The minimum absolute atomic E-state index is 0.0129. The van der Waals surface area contributed by atoms with Crippen molar-refractivity contribution in [3.8, 4) is 0 Å². The van der Waals surface area contributed by atoms with Gasteiger partial charge in [-0.15, -0.1) is 5.10 Å². The summed E-state index contributed by atoms with van der Waals surface area (Å²) in [5, 5.41) is 12.9. The summed E-state index contributed by atoms with van der Waals surface area (Å²) < 4.78 is 15.3. The SMILES string of the molecule is Cc1ccc(F)cc1[C@H]1CCCN1c1ccn2nc(N)c(C(=O)NOCCO)c2n1. The lowest BCUT2D eigenvalue weighted by Crippen LogP contribution is -2.26. The Balaban J connectivity index is 1.69. The van der Waals surface area contributed by atoms with Crippen molar-refractivity contribution in [2.75, 3.05) is 30.4 Å². The summed E-state index contributed by atoms with van der Waals surface area (Å²) in [6.45, 7) is 2.44. The van der Waals surface area contributed by atoms with Gasteiger partial charge < -0.3 is 15.7 Å². The summed E-state index contributed by atoms with van der Waals surface area (Å²) >= 11 is 0. The molecule has 0 bridgehead atoms. The van der Waals surface area contributed by atoms with E-state index in [0.717, 1.165) is 30.5 Å². The Kier molecular flexibility index (Phi) is 5.51. The van der Waals surface area contributed by atoms with E-state index in [9.17, 15) is 9.18 Å². The number of carbonyl (C=O) groups excluding carboxylic acids is 1. The first-order valence-corrected chi connectivity index (χ1v) is 9.70. The molecule has 4 N–H and O–H groups in total. The average molecular weight is 414 g/mol. The zero-order valence-electron chi connectivity index (χ0n) is 16.5. The molecular weight excluding hydrogens is 391 g/mol. The quantitative estimate of drug-likeness (QED) is 0.415. The standard InChI is InChI=1S/C20H23FN6O3/c1-12-4-5-13(21)11-14(12)15-3-2-7-26(15)16-6-8-27-19(23-16)17(18(22)24-27)20(29)25-30-10-9-28/h4-6,8,11,15,28H,2-3,7,9-10H2,1H3,(H2,22,24)(H,25,29)/t15-/m1/s1. The summed E-state index contributed by atoms with van der Waals surface area (Å²) in [6, 6.07) is 6.61. The Hall–Kier alpha value is -3.24. The number of nitrogens with zero attached hydrogens (tertiary/aromatic N) is 4. The highest BCUT2D eigenvalue weighted by atomic mass is 19.1. The molecular formula is C20H23FN6O3. The van der Waals surface area contributed by atoms with E-state index in [1.54, 1.807) is 24.4 Å². The molecule has 1 aromatic carbocycles. The number of nitrogens with one attached hydrogen (secondary N) is 1. The lowest BCUT2D eigenvalue weighted by atomic mass is 9.99. The second-order valence-corrected chi connectivity index (χ2v) is 7.17. The van der Waals surface area contributed by atoms with Crippen LogP contribution in [-0.4, -0.2) is 45.4 Å². The molecule has 3 aromatic rings. The van der Waals surface area contributed by atoms with E-state index in [2.05, 4.69) is 20.5 Å². The number of nitrogen functional groups attached to an aromatic ring is 1. The molecule has 158 valence electrons. The van der Waals surface area contributed by atoms with Crippen molar-refractivity contribution >= 4 is 23.2 Å². The van der Waals surface area contributed by atoms with Crippen molar-refractivity contribution < 1.29 is 19.1 Å². The van der Waals surface area contributed by atoms with Crippen LogP contribution in [0.25, 0.3) is 5.65 Å². The minimum atomic E-state index is -0.598. The molecule has 1 aliphatic rings. The predicted molar refractivity (Wildman–Crippen MR) is 108 cm³/mol. The Bertz CT molecular complexity index is 1090. The van der Waals surface area contributed by atoms with Gasteiger partial charge in [-0.05, 0) is 49.1 Å². The molecule has 0 aliphatic carbocycles. The van der Waals surface area contributed by atoms with Crippen LogP contribution in [0.3, 0.4) is 0 Å². The number of carbonyl (C=O) groups is 1. The van der Waals surface area contributed by atoms with Crippen molar-refractivity contribution in [1.82, 2.24) is 20.1 Å². The molecule has 1 amide bonds. The second kappa shape index (κ2) is 8.25. The predicted octanol–water partition coefficient (Wildman–Crippen LogP) is 1.75. The zero-order chi connectivity index (χ0) is 21.3. The second-order valence-electron chi connectivity index (χ2n) is 7.17. The number of anilines is 2. The van der Waals surface area contributed by atoms with Crippen LogP contribution in [0.5, 0.6) is 0 Å². The van der Waals surface area contributed by atoms with Gasteiger partial charge >= 0.3 is 0 Å². The van der Waals surface area contributed by atoms with Crippen molar-refractivity contribution in [1.29, 1.82) is 0 Å². The van der Waals surface area contributed by atoms with Gasteiger partial charge in [0.25, 0.3) is 5.91 Å². The van der Waals surface area contributed by atoms with Crippen LogP contribution < -0.4 is 16.1 Å². The highest BCUT2D eigenvalue weighted by molar-refractivity contribution is 6.03. The van der Waals surface area contributed by atoms with Gasteiger partial charge in [-0.2, -0.15) is 0 Å². The van der Waals surface area contributed by atoms with Gasteiger partial charge in [0, 0.05) is 12.7 Å². The average Bonchev–Trinajstić information content (AvgIpc) is 3.33. The summed E-state index contributed by atoms with van der Waals surface area (Å²) in [5.74, 6) is -0.196. The maximum absolute atomic E-state index is 13.9. The van der Waals surface area contributed by atoms with E-state index >= 15 is 0 Å². The van der Waals surface area contributed by atoms with E-state index in [4.69, 9.17) is 15.7 Å². The number of aliphatic hydroxyl groups excluding tert-OH is 1. The van der Waals surface area contributed by atoms with Gasteiger partial charge in [0.1, 0.15) is 17.2 Å². The zero-order valence-corrected chi connectivity index (χ0v) is 16.5. The molecule has 10 heteroatoms. The molecule has 30 heavy (non-hydrogen) atoms. The summed E-state index contributed by atoms with van der Waals surface area (Å²) in [7, 11) is 0.